The first kappa shape index (κ1) is 18.6. The maximum atomic E-state index is 12.4. The molecule has 0 saturated heterocycles. The number of hydrogen-bond acceptors (Lipinski definition) is 8. The molecule has 1 unspecified atom stereocenters. The zero-order chi connectivity index (χ0) is 18.7. The molecule has 1 atom stereocenters. The minimum Gasteiger partial charge on any atom is -0.486 e. The van der Waals surface area contributed by atoms with Crippen LogP contribution in [0.15, 0.2) is 34.5 Å². The monoisotopic (exact) mass is 399 g/mol. The van der Waals surface area contributed by atoms with Gasteiger partial charge in [-0.1, -0.05) is 6.07 Å². The topological polar surface area (TPSA) is 111 Å². The quantitative estimate of drug-likeness (QED) is 0.705. The lowest BCUT2D eigenvalue weighted by atomic mass is 10.1. The third-order valence-electron chi connectivity index (χ3n) is 3.71. The van der Waals surface area contributed by atoms with E-state index in [-0.39, 0.29) is 16.3 Å². The molecule has 10 heteroatoms. The summed E-state index contributed by atoms with van der Waals surface area (Å²) in [5, 5.41) is 11.8. The van der Waals surface area contributed by atoms with Gasteiger partial charge < -0.3 is 19.3 Å². The van der Waals surface area contributed by atoms with Crippen LogP contribution in [0.1, 0.15) is 21.3 Å². The van der Waals surface area contributed by atoms with Crippen LogP contribution in [-0.2, 0) is 14.8 Å². The second-order valence-electron chi connectivity index (χ2n) is 5.38. The number of aliphatic hydroxyl groups is 1. The Morgan fingerprint density at radius 1 is 1.31 bits per heavy atom. The number of benzene rings is 1. The third-order valence-corrected chi connectivity index (χ3v) is 6.20. The fourth-order valence-electron chi connectivity index (χ4n) is 2.40. The predicted octanol–water partition coefficient (Wildman–Crippen LogP) is 1.32. The maximum Gasteiger partial charge on any atom is 0.349 e. The minimum atomic E-state index is -3.98. The van der Waals surface area contributed by atoms with Crippen LogP contribution in [0.5, 0.6) is 11.5 Å². The van der Waals surface area contributed by atoms with E-state index in [9.17, 15) is 18.3 Å². The van der Waals surface area contributed by atoms with Gasteiger partial charge in [0, 0.05) is 6.54 Å². The molecule has 2 aromatic rings. The van der Waals surface area contributed by atoms with E-state index in [1.807, 2.05) is 0 Å². The Hall–Kier alpha value is -2.14. The standard InChI is InChI=1S/C16H17NO7S2/c1-22-16(19)15-14(4-7-25-15)26(20,21)17-9-11(18)10-2-3-12-13(8-10)24-6-5-23-12/h2-4,7-8,11,17-18H,5-6,9H2,1H3. The Balaban J connectivity index is 1.72. The van der Waals surface area contributed by atoms with Gasteiger partial charge in [0.15, 0.2) is 11.5 Å². The highest BCUT2D eigenvalue weighted by molar-refractivity contribution is 7.89. The number of carbonyl (C=O) groups excluding carboxylic acids is 1. The van der Waals surface area contributed by atoms with Crippen molar-refractivity contribution in [1.82, 2.24) is 4.72 Å². The van der Waals surface area contributed by atoms with E-state index in [1.165, 1.54) is 18.6 Å². The smallest absolute Gasteiger partial charge is 0.349 e. The van der Waals surface area contributed by atoms with E-state index >= 15 is 0 Å². The molecule has 1 aromatic heterocycles. The summed E-state index contributed by atoms with van der Waals surface area (Å²) in [4.78, 5) is 11.5. The molecule has 1 aliphatic heterocycles. The van der Waals surface area contributed by atoms with Crippen molar-refractivity contribution in [3.8, 4) is 11.5 Å². The molecule has 26 heavy (non-hydrogen) atoms. The molecule has 8 nitrogen and oxygen atoms in total. The Bertz CT molecular complexity index is 907. The highest BCUT2D eigenvalue weighted by atomic mass is 32.2. The summed E-state index contributed by atoms with van der Waals surface area (Å²) in [6.45, 7) is 0.601. The van der Waals surface area contributed by atoms with Crippen molar-refractivity contribution in [3.05, 3.63) is 40.1 Å². The largest absolute Gasteiger partial charge is 0.486 e. The second-order valence-corrected chi connectivity index (χ2v) is 8.03. The Labute approximate surface area is 154 Å². The molecule has 0 spiro atoms. The molecule has 140 valence electrons. The number of sulfonamides is 1. The Morgan fingerprint density at radius 3 is 2.77 bits per heavy atom. The molecule has 0 fully saturated rings. The Kier molecular flexibility index (Phi) is 5.47. The highest BCUT2D eigenvalue weighted by Crippen LogP contribution is 2.32. The summed E-state index contributed by atoms with van der Waals surface area (Å²) in [6.07, 6.45) is -1.10. The van der Waals surface area contributed by atoms with Crippen LogP contribution in [0.3, 0.4) is 0 Å². The van der Waals surface area contributed by atoms with E-state index in [0.29, 0.717) is 30.3 Å². The highest BCUT2D eigenvalue weighted by Gasteiger charge is 2.25. The van der Waals surface area contributed by atoms with Gasteiger partial charge in [0.05, 0.1) is 13.2 Å². The van der Waals surface area contributed by atoms with Gasteiger partial charge in [-0.3, -0.25) is 0 Å². The second kappa shape index (κ2) is 7.62. The van der Waals surface area contributed by atoms with Gasteiger partial charge in [-0.05, 0) is 29.1 Å². The van der Waals surface area contributed by atoms with Gasteiger partial charge in [-0.2, -0.15) is 0 Å². The van der Waals surface area contributed by atoms with Crippen molar-refractivity contribution in [3.63, 3.8) is 0 Å². The van der Waals surface area contributed by atoms with Gasteiger partial charge >= 0.3 is 5.97 Å². The van der Waals surface area contributed by atoms with Crippen molar-refractivity contribution < 1.29 is 32.5 Å². The van der Waals surface area contributed by atoms with Crippen molar-refractivity contribution in [1.29, 1.82) is 0 Å². The van der Waals surface area contributed by atoms with Gasteiger partial charge in [0.1, 0.15) is 23.0 Å². The van der Waals surface area contributed by atoms with Crippen molar-refractivity contribution in [2.24, 2.45) is 0 Å². The number of esters is 1. The van der Waals surface area contributed by atoms with Gasteiger partial charge in [-0.15, -0.1) is 11.3 Å². The number of fused-ring (bicyclic) bond motifs is 1. The zero-order valence-electron chi connectivity index (χ0n) is 13.8. The summed E-state index contributed by atoms with van der Waals surface area (Å²) in [5.74, 6) is 0.350. The van der Waals surface area contributed by atoms with Gasteiger partial charge in [-0.25, -0.2) is 17.9 Å². The van der Waals surface area contributed by atoms with Crippen LogP contribution >= 0.6 is 11.3 Å². The van der Waals surface area contributed by atoms with Crippen LogP contribution in [0, 0.1) is 0 Å². The van der Waals surface area contributed by atoms with Crippen molar-refractivity contribution in [2.45, 2.75) is 11.0 Å². The number of ether oxygens (including phenoxy) is 3. The zero-order valence-corrected chi connectivity index (χ0v) is 15.4. The molecule has 0 amide bonds. The average molecular weight is 399 g/mol. The number of aliphatic hydroxyl groups excluding tert-OH is 1. The Morgan fingerprint density at radius 2 is 2.04 bits per heavy atom. The number of methoxy groups -OCH3 is 1. The molecular weight excluding hydrogens is 382 g/mol. The molecule has 0 radical (unpaired) electrons. The molecule has 3 rings (SSSR count). The first-order valence-electron chi connectivity index (χ1n) is 7.65. The van der Waals surface area contributed by atoms with Crippen LogP contribution in [0.2, 0.25) is 0 Å². The number of hydrogen-bond donors (Lipinski definition) is 2. The van der Waals surface area contributed by atoms with Crippen molar-refractivity contribution in [2.75, 3.05) is 26.9 Å². The van der Waals surface area contributed by atoms with Crippen molar-refractivity contribution >= 4 is 27.3 Å². The van der Waals surface area contributed by atoms with Gasteiger partial charge in [0.25, 0.3) is 0 Å². The first-order chi connectivity index (χ1) is 12.4. The molecule has 0 bridgehead atoms. The van der Waals surface area contributed by atoms with Crippen LogP contribution in [0.25, 0.3) is 0 Å². The fraction of sp³-hybridized carbons (Fsp3) is 0.312. The molecule has 1 aliphatic rings. The normalized spacial score (nSPS) is 14.7. The third kappa shape index (κ3) is 3.83. The summed E-state index contributed by atoms with van der Waals surface area (Å²) in [7, 11) is -2.80. The van der Waals surface area contributed by atoms with E-state index in [2.05, 4.69) is 9.46 Å². The molecule has 0 saturated carbocycles. The first-order valence-corrected chi connectivity index (χ1v) is 10.0. The summed E-state index contributed by atoms with van der Waals surface area (Å²) >= 11 is 0.969. The lowest BCUT2D eigenvalue weighted by Crippen LogP contribution is -2.29. The van der Waals surface area contributed by atoms with Crippen LogP contribution in [0.4, 0.5) is 0 Å². The molecule has 1 aromatic carbocycles. The SMILES string of the molecule is COC(=O)c1sccc1S(=O)(=O)NCC(O)c1ccc2c(c1)OCCO2. The number of nitrogens with one attached hydrogen (secondary N) is 1. The van der Waals surface area contributed by atoms with Crippen LogP contribution in [-0.4, -0.2) is 46.4 Å². The molecular formula is C16H17NO7S2. The van der Waals surface area contributed by atoms with E-state index in [4.69, 9.17) is 9.47 Å². The van der Waals surface area contributed by atoms with E-state index in [1.54, 1.807) is 18.2 Å². The molecule has 2 heterocycles. The van der Waals surface area contributed by atoms with Gasteiger partial charge in [0.2, 0.25) is 10.0 Å². The average Bonchev–Trinajstić information content (AvgIpc) is 3.16. The lowest BCUT2D eigenvalue weighted by molar-refractivity contribution is 0.0602. The number of rotatable bonds is 6. The molecule has 0 aliphatic carbocycles. The number of carbonyl (C=O) groups is 1. The number of thiophene rings is 1. The lowest BCUT2D eigenvalue weighted by Gasteiger charge is -2.20. The summed E-state index contributed by atoms with van der Waals surface area (Å²) in [6, 6.07) is 6.22. The maximum absolute atomic E-state index is 12.4. The summed E-state index contributed by atoms with van der Waals surface area (Å²) < 4.78 is 42.6. The van der Waals surface area contributed by atoms with Crippen LogP contribution < -0.4 is 14.2 Å². The van der Waals surface area contributed by atoms with E-state index < -0.39 is 22.1 Å². The fourth-order valence-corrected chi connectivity index (χ4v) is 4.77. The minimum absolute atomic E-state index is 0.0196. The molecule has 2 N–H and O–H groups in total. The van der Waals surface area contributed by atoms with E-state index in [0.717, 1.165) is 11.3 Å². The predicted molar refractivity (Wildman–Crippen MR) is 93.2 cm³/mol. The summed E-state index contributed by atoms with van der Waals surface area (Å²) in [5.41, 5.74) is 0.482.